The maximum absolute atomic E-state index is 9.57. The molecular formula is C12H19NO5. The van der Waals surface area contributed by atoms with Gasteiger partial charge in [-0.2, -0.15) is 0 Å². The maximum atomic E-state index is 9.57. The largest absolute Gasteiger partial charge is 0.507 e. The predicted molar refractivity (Wildman–Crippen MR) is 65.4 cm³/mol. The van der Waals surface area contributed by atoms with Crippen molar-refractivity contribution in [2.24, 2.45) is 5.73 Å². The molecule has 0 radical (unpaired) electrons. The van der Waals surface area contributed by atoms with Crippen molar-refractivity contribution in [3.05, 3.63) is 23.8 Å². The first kappa shape index (κ1) is 14.7. The third kappa shape index (κ3) is 4.89. The van der Waals surface area contributed by atoms with E-state index in [0.717, 1.165) is 0 Å². The summed E-state index contributed by atoms with van der Waals surface area (Å²) in [6, 6.07) is 4.54. The predicted octanol–water partition coefficient (Wildman–Crippen LogP) is 0.384. The van der Waals surface area contributed by atoms with Crippen LogP contribution in [0.25, 0.3) is 0 Å². The zero-order chi connectivity index (χ0) is 13.4. The lowest BCUT2D eigenvalue weighted by Gasteiger charge is -2.11. The molecule has 0 aliphatic heterocycles. The topological polar surface area (TPSA) is 94.2 Å². The number of ether oxygens (including phenoxy) is 3. The molecule has 0 aromatic heterocycles. The zero-order valence-corrected chi connectivity index (χ0v) is 10.3. The van der Waals surface area contributed by atoms with Gasteiger partial charge in [0.05, 0.1) is 19.8 Å². The summed E-state index contributed by atoms with van der Waals surface area (Å²) >= 11 is 0. The minimum absolute atomic E-state index is 0.0946. The fourth-order valence-electron chi connectivity index (χ4n) is 1.33. The zero-order valence-electron chi connectivity index (χ0n) is 10.3. The van der Waals surface area contributed by atoms with E-state index in [0.29, 0.717) is 32.2 Å². The molecule has 1 unspecified atom stereocenters. The van der Waals surface area contributed by atoms with Crippen LogP contribution in [0.1, 0.15) is 11.8 Å². The second-order valence-corrected chi connectivity index (χ2v) is 3.62. The molecule has 102 valence electrons. The number of aliphatic hydroxyl groups is 1. The Labute approximate surface area is 106 Å². The summed E-state index contributed by atoms with van der Waals surface area (Å²) in [7, 11) is 1.61. The number of phenols is 1. The maximum Gasteiger partial charge on any atom is 0.132 e. The number of benzene rings is 1. The van der Waals surface area contributed by atoms with Gasteiger partial charge < -0.3 is 30.2 Å². The van der Waals surface area contributed by atoms with Crippen LogP contribution in [0.3, 0.4) is 0 Å². The summed E-state index contributed by atoms with van der Waals surface area (Å²) in [6.45, 7) is 1.87. The monoisotopic (exact) mass is 257 g/mol. The average molecular weight is 257 g/mol. The summed E-state index contributed by atoms with van der Waals surface area (Å²) in [5, 5.41) is 18.7. The third-order valence-corrected chi connectivity index (χ3v) is 2.25. The van der Waals surface area contributed by atoms with E-state index in [1.807, 2.05) is 0 Å². The van der Waals surface area contributed by atoms with E-state index < -0.39 is 6.23 Å². The molecule has 0 aliphatic rings. The summed E-state index contributed by atoms with van der Waals surface area (Å²) < 4.78 is 15.4. The van der Waals surface area contributed by atoms with Crippen LogP contribution >= 0.6 is 0 Å². The highest BCUT2D eigenvalue weighted by Crippen LogP contribution is 2.26. The normalized spacial score (nSPS) is 12.4. The third-order valence-electron chi connectivity index (χ3n) is 2.25. The molecule has 1 rings (SSSR count). The van der Waals surface area contributed by atoms with Crippen molar-refractivity contribution in [2.45, 2.75) is 6.23 Å². The van der Waals surface area contributed by atoms with E-state index in [-0.39, 0.29) is 11.3 Å². The average Bonchev–Trinajstić information content (AvgIpc) is 2.33. The smallest absolute Gasteiger partial charge is 0.132 e. The number of nitrogens with two attached hydrogens (primary N) is 1. The minimum Gasteiger partial charge on any atom is -0.507 e. The van der Waals surface area contributed by atoms with Crippen LogP contribution in [0.4, 0.5) is 0 Å². The van der Waals surface area contributed by atoms with Gasteiger partial charge in [0.1, 0.15) is 24.3 Å². The highest BCUT2D eigenvalue weighted by atomic mass is 16.5. The van der Waals surface area contributed by atoms with Crippen molar-refractivity contribution in [1.82, 2.24) is 0 Å². The van der Waals surface area contributed by atoms with Gasteiger partial charge in [-0.05, 0) is 12.1 Å². The van der Waals surface area contributed by atoms with Crippen molar-refractivity contribution in [2.75, 3.05) is 33.5 Å². The molecule has 0 fully saturated rings. The molecule has 6 nitrogen and oxygen atoms in total. The minimum atomic E-state index is -1.20. The Balaban J connectivity index is 2.33. The lowest BCUT2D eigenvalue weighted by Crippen LogP contribution is -2.11. The second-order valence-electron chi connectivity index (χ2n) is 3.62. The first-order valence-corrected chi connectivity index (χ1v) is 5.61. The Hall–Kier alpha value is -1.34. The Morgan fingerprint density at radius 3 is 2.56 bits per heavy atom. The number of aromatic hydroxyl groups is 1. The van der Waals surface area contributed by atoms with Crippen LogP contribution in [-0.2, 0) is 9.47 Å². The molecule has 0 saturated carbocycles. The van der Waals surface area contributed by atoms with Gasteiger partial charge >= 0.3 is 0 Å². The van der Waals surface area contributed by atoms with Gasteiger partial charge in [-0.15, -0.1) is 0 Å². The number of hydrogen-bond donors (Lipinski definition) is 3. The van der Waals surface area contributed by atoms with Crippen LogP contribution in [-0.4, -0.2) is 43.8 Å². The number of aliphatic hydroxyl groups excluding tert-OH is 1. The van der Waals surface area contributed by atoms with Crippen LogP contribution in [0, 0.1) is 0 Å². The van der Waals surface area contributed by atoms with Gasteiger partial charge in [0.25, 0.3) is 0 Å². The standard InChI is InChI=1S/C12H19NO5/c1-16-4-5-17-6-7-18-9-2-3-10(12(13)15)11(14)8-9/h2-3,8,12,14-15H,4-7,13H2,1H3. The Morgan fingerprint density at radius 1 is 1.22 bits per heavy atom. The first-order valence-electron chi connectivity index (χ1n) is 5.61. The van der Waals surface area contributed by atoms with Gasteiger partial charge in [0.2, 0.25) is 0 Å². The molecule has 1 atom stereocenters. The number of phenolic OH excluding ortho intramolecular Hbond substituents is 1. The summed E-state index contributed by atoms with van der Waals surface area (Å²) in [4.78, 5) is 0. The van der Waals surface area contributed by atoms with Gasteiger partial charge in [-0.25, -0.2) is 0 Å². The summed E-state index contributed by atoms with van der Waals surface area (Å²) in [5.74, 6) is 0.398. The number of rotatable bonds is 8. The van der Waals surface area contributed by atoms with Gasteiger partial charge in [-0.1, -0.05) is 0 Å². The summed E-state index contributed by atoms with van der Waals surface area (Å²) in [5.41, 5.74) is 5.52. The first-order chi connectivity index (χ1) is 8.65. The van der Waals surface area contributed by atoms with Crippen molar-refractivity contribution in [3.63, 3.8) is 0 Å². The van der Waals surface area contributed by atoms with Crippen LogP contribution < -0.4 is 10.5 Å². The van der Waals surface area contributed by atoms with Crippen molar-refractivity contribution in [3.8, 4) is 11.5 Å². The van der Waals surface area contributed by atoms with Crippen molar-refractivity contribution >= 4 is 0 Å². The summed E-state index contributed by atoms with van der Waals surface area (Å²) in [6.07, 6.45) is -1.20. The number of hydrogen-bond acceptors (Lipinski definition) is 6. The van der Waals surface area contributed by atoms with E-state index in [2.05, 4.69) is 0 Å². The Kier molecular flexibility index (Phi) is 6.45. The quantitative estimate of drug-likeness (QED) is 0.460. The SMILES string of the molecule is COCCOCCOc1ccc(C(N)O)c(O)c1. The van der Waals surface area contributed by atoms with Crippen LogP contribution in [0.15, 0.2) is 18.2 Å². The molecule has 1 aromatic rings. The molecule has 0 bridgehead atoms. The molecule has 1 aromatic carbocycles. The molecular weight excluding hydrogens is 238 g/mol. The van der Waals surface area contributed by atoms with Crippen molar-refractivity contribution in [1.29, 1.82) is 0 Å². The van der Waals surface area contributed by atoms with E-state index in [9.17, 15) is 5.11 Å². The Bertz CT molecular complexity index is 356. The molecule has 0 amide bonds. The second kappa shape index (κ2) is 7.88. The van der Waals surface area contributed by atoms with E-state index in [4.69, 9.17) is 25.1 Å². The highest BCUT2D eigenvalue weighted by molar-refractivity contribution is 5.40. The fraction of sp³-hybridized carbons (Fsp3) is 0.500. The lowest BCUT2D eigenvalue weighted by molar-refractivity contribution is 0.0544. The van der Waals surface area contributed by atoms with Crippen LogP contribution in [0.2, 0.25) is 0 Å². The fourth-order valence-corrected chi connectivity index (χ4v) is 1.33. The molecule has 6 heteroatoms. The molecule has 18 heavy (non-hydrogen) atoms. The van der Waals surface area contributed by atoms with E-state index >= 15 is 0 Å². The van der Waals surface area contributed by atoms with E-state index in [1.54, 1.807) is 13.2 Å². The van der Waals surface area contributed by atoms with Gasteiger partial charge in [0, 0.05) is 18.7 Å². The molecule has 0 heterocycles. The lowest BCUT2D eigenvalue weighted by atomic mass is 10.1. The number of methoxy groups -OCH3 is 1. The van der Waals surface area contributed by atoms with E-state index in [1.165, 1.54) is 12.1 Å². The van der Waals surface area contributed by atoms with Crippen molar-refractivity contribution < 1.29 is 24.4 Å². The molecule has 0 aliphatic carbocycles. The van der Waals surface area contributed by atoms with Crippen LogP contribution in [0.5, 0.6) is 11.5 Å². The van der Waals surface area contributed by atoms with Gasteiger partial charge in [-0.3, -0.25) is 0 Å². The highest BCUT2D eigenvalue weighted by Gasteiger charge is 2.08. The molecule has 0 spiro atoms. The molecule has 4 N–H and O–H groups in total. The Morgan fingerprint density at radius 2 is 1.94 bits per heavy atom. The van der Waals surface area contributed by atoms with Gasteiger partial charge in [0.15, 0.2) is 0 Å². The molecule has 0 saturated heterocycles.